The van der Waals surface area contributed by atoms with Crippen LogP contribution in [0.15, 0.2) is 60.7 Å². The van der Waals surface area contributed by atoms with Crippen LogP contribution < -0.4 is 21.3 Å². The van der Waals surface area contributed by atoms with Gasteiger partial charge in [-0.05, 0) is 50.9 Å². The lowest BCUT2D eigenvalue weighted by atomic mass is 10.0. The SMILES string of the molecule is C[C@H](NCCCCCCCCCCCCCCN[C@@H](C)C(=O)NC(=O)OCc1ccccc1)C(=O)NC(=O)OCc1ccccc1. The summed E-state index contributed by atoms with van der Waals surface area (Å²) in [4.78, 5) is 48.0. The van der Waals surface area contributed by atoms with Crippen LogP contribution in [0.2, 0.25) is 0 Å². The zero-order valence-corrected chi connectivity index (χ0v) is 27.7. The van der Waals surface area contributed by atoms with Crippen LogP contribution in [0.3, 0.4) is 0 Å². The third-order valence-electron chi connectivity index (χ3n) is 7.67. The number of unbranched alkanes of at least 4 members (excludes halogenated alkanes) is 11. The van der Waals surface area contributed by atoms with Gasteiger partial charge in [0.15, 0.2) is 0 Å². The van der Waals surface area contributed by atoms with Gasteiger partial charge in [0.1, 0.15) is 13.2 Å². The van der Waals surface area contributed by atoms with Gasteiger partial charge >= 0.3 is 12.2 Å². The minimum atomic E-state index is -0.731. The highest BCUT2D eigenvalue weighted by Gasteiger charge is 2.17. The summed E-state index contributed by atoms with van der Waals surface area (Å²) in [5.74, 6) is -0.770. The van der Waals surface area contributed by atoms with E-state index in [0.717, 1.165) is 49.9 Å². The van der Waals surface area contributed by atoms with Crippen LogP contribution >= 0.6 is 0 Å². The Labute approximate surface area is 274 Å². The molecule has 0 aliphatic carbocycles. The van der Waals surface area contributed by atoms with Gasteiger partial charge in [-0.1, -0.05) is 125 Å². The molecule has 2 atom stereocenters. The van der Waals surface area contributed by atoms with Crippen molar-refractivity contribution in [2.24, 2.45) is 0 Å². The summed E-state index contributed by atoms with van der Waals surface area (Å²) in [5, 5.41) is 10.9. The normalized spacial score (nSPS) is 12.1. The fourth-order valence-corrected chi connectivity index (χ4v) is 4.78. The van der Waals surface area contributed by atoms with Gasteiger partial charge in [-0.25, -0.2) is 9.59 Å². The Morgan fingerprint density at radius 2 is 0.804 bits per heavy atom. The molecule has 2 aromatic carbocycles. The van der Waals surface area contributed by atoms with Crippen LogP contribution in [0, 0.1) is 0 Å². The molecule has 0 aromatic heterocycles. The number of amides is 4. The maximum absolute atomic E-state index is 12.2. The van der Waals surface area contributed by atoms with E-state index in [2.05, 4.69) is 21.3 Å². The fourth-order valence-electron chi connectivity index (χ4n) is 4.78. The van der Waals surface area contributed by atoms with E-state index in [1.165, 1.54) is 51.4 Å². The lowest BCUT2D eigenvalue weighted by Gasteiger charge is -2.13. The second-order valence-corrected chi connectivity index (χ2v) is 11.7. The molecule has 254 valence electrons. The molecule has 10 heteroatoms. The lowest BCUT2D eigenvalue weighted by Crippen LogP contribution is -2.45. The Morgan fingerprint density at radius 1 is 0.500 bits per heavy atom. The van der Waals surface area contributed by atoms with Gasteiger partial charge in [0.25, 0.3) is 0 Å². The van der Waals surface area contributed by atoms with Crippen LogP contribution in [0.4, 0.5) is 9.59 Å². The zero-order valence-electron chi connectivity index (χ0n) is 27.7. The molecule has 10 nitrogen and oxygen atoms in total. The number of carbonyl (C=O) groups is 4. The predicted octanol–water partition coefficient (Wildman–Crippen LogP) is 6.53. The summed E-state index contributed by atoms with van der Waals surface area (Å²) in [6, 6.07) is 17.8. The van der Waals surface area contributed by atoms with Crippen molar-refractivity contribution >= 4 is 24.0 Å². The van der Waals surface area contributed by atoms with Crippen molar-refractivity contribution in [3.63, 3.8) is 0 Å². The van der Waals surface area contributed by atoms with E-state index in [1.54, 1.807) is 13.8 Å². The van der Waals surface area contributed by atoms with Crippen LogP contribution in [0.1, 0.15) is 102 Å². The van der Waals surface area contributed by atoms with E-state index in [1.807, 2.05) is 60.7 Å². The van der Waals surface area contributed by atoms with E-state index >= 15 is 0 Å². The number of imide groups is 2. The first-order valence-corrected chi connectivity index (χ1v) is 16.8. The summed E-state index contributed by atoms with van der Waals surface area (Å²) in [6.45, 7) is 5.21. The second kappa shape index (κ2) is 24.5. The molecule has 2 rings (SSSR count). The monoisotopic (exact) mass is 638 g/mol. The highest BCUT2D eigenvalue weighted by Crippen LogP contribution is 2.12. The van der Waals surface area contributed by atoms with Crippen LogP contribution in [-0.2, 0) is 32.3 Å². The van der Waals surface area contributed by atoms with Crippen molar-refractivity contribution in [3.05, 3.63) is 71.8 Å². The summed E-state index contributed by atoms with van der Waals surface area (Å²) < 4.78 is 10.2. The highest BCUT2D eigenvalue weighted by atomic mass is 16.6. The number of hydrogen-bond acceptors (Lipinski definition) is 8. The average molecular weight is 639 g/mol. The summed E-state index contributed by atoms with van der Waals surface area (Å²) in [6.07, 6.45) is 12.6. The van der Waals surface area contributed by atoms with E-state index in [0.29, 0.717) is 0 Å². The minimum absolute atomic E-state index is 0.128. The van der Waals surface area contributed by atoms with E-state index in [4.69, 9.17) is 9.47 Å². The number of ether oxygens (including phenoxy) is 2. The van der Waals surface area contributed by atoms with Crippen LogP contribution in [-0.4, -0.2) is 49.2 Å². The molecule has 0 heterocycles. The van der Waals surface area contributed by atoms with Gasteiger partial charge in [-0.15, -0.1) is 0 Å². The molecule has 0 unspecified atom stereocenters. The number of alkyl carbamates (subject to hydrolysis) is 2. The Morgan fingerprint density at radius 3 is 1.13 bits per heavy atom. The first kappa shape index (κ1) is 38.4. The van der Waals surface area contributed by atoms with Gasteiger partial charge in [0.05, 0.1) is 12.1 Å². The number of nitrogens with one attached hydrogen (secondary N) is 4. The smallest absolute Gasteiger partial charge is 0.414 e. The van der Waals surface area contributed by atoms with Crippen molar-refractivity contribution in [3.8, 4) is 0 Å². The fraction of sp³-hybridized carbons (Fsp3) is 0.556. The van der Waals surface area contributed by atoms with E-state index in [-0.39, 0.29) is 25.0 Å². The van der Waals surface area contributed by atoms with E-state index < -0.39 is 24.3 Å². The number of hydrogen-bond donors (Lipinski definition) is 4. The van der Waals surface area contributed by atoms with Crippen molar-refractivity contribution in [1.82, 2.24) is 21.3 Å². The first-order valence-electron chi connectivity index (χ1n) is 16.8. The topological polar surface area (TPSA) is 135 Å². The molecular formula is C36H54N4O6. The molecular weight excluding hydrogens is 584 g/mol. The largest absolute Gasteiger partial charge is 0.444 e. The average Bonchev–Trinajstić information content (AvgIpc) is 3.06. The number of rotatable bonds is 23. The number of benzene rings is 2. The molecule has 0 radical (unpaired) electrons. The molecule has 0 fully saturated rings. The predicted molar refractivity (Wildman–Crippen MR) is 180 cm³/mol. The highest BCUT2D eigenvalue weighted by molar-refractivity contribution is 5.95. The van der Waals surface area contributed by atoms with Gasteiger partial charge in [0.2, 0.25) is 11.8 Å². The molecule has 0 saturated heterocycles. The standard InChI is InChI=1S/C36H54N4O6/c1-29(33(41)39-35(43)45-27-31-21-15-13-16-22-31)37-25-19-11-9-7-5-3-4-6-8-10-12-20-26-38-30(2)34(42)40-36(44)46-28-32-23-17-14-18-24-32/h13-18,21-24,29-30,37-38H,3-12,19-20,25-28H2,1-2H3,(H,39,41,43)(H,40,42,44)/t29-,30-/m0/s1. The second-order valence-electron chi connectivity index (χ2n) is 11.7. The zero-order chi connectivity index (χ0) is 33.2. The first-order chi connectivity index (χ1) is 22.3. The van der Waals surface area contributed by atoms with Gasteiger partial charge in [-0.3, -0.25) is 20.2 Å². The Balaban J connectivity index is 1.32. The summed E-state index contributed by atoms with van der Waals surface area (Å²) in [7, 11) is 0. The molecule has 0 saturated carbocycles. The van der Waals surface area contributed by atoms with Crippen molar-refractivity contribution < 1.29 is 28.7 Å². The molecule has 0 aliphatic heterocycles. The Bertz CT molecular complexity index is 1040. The van der Waals surface area contributed by atoms with Gasteiger partial charge in [0, 0.05) is 0 Å². The maximum Gasteiger partial charge on any atom is 0.414 e. The van der Waals surface area contributed by atoms with Crippen LogP contribution in [0.5, 0.6) is 0 Å². The molecule has 4 N–H and O–H groups in total. The van der Waals surface area contributed by atoms with Crippen molar-refractivity contribution in [2.45, 2.75) is 116 Å². The third kappa shape index (κ3) is 18.9. The molecule has 46 heavy (non-hydrogen) atoms. The maximum atomic E-state index is 12.2. The summed E-state index contributed by atoms with van der Waals surface area (Å²) >= 11 is 0. The third-order valence-corrected chi connectivity index (χ3v) is 7.67. The molecule has 0 bridgehead atoms. The van der Waals surface area contributed by atoms with Gasteiger partial charge in [-0.2, -0.15) is 0 Å². The quantitative estimate of drug-likeness (QED) is 0.101. The van der Waals surface area contributed by atoms with Crippen molar-refractivity contribution in [1.29, 1.82) is 0 Å². The number of carbonyl (C=O) groups excluding carboxylic acids is 4. The minimum Gasteiger partial charge on any atom is -0.444 e. The Kier molecular flexibility index (Phi) is 20.4. The lowest BCUT2D eigenvalue weighted by molar-refractivity contribution is -0.123. The van der Waals surface area contributed by atoms with Crippen LogP contribution in [0.25, 0.3) is 0 Å². The molecule has 2 aromatic rings. The molecule has 4 amide bonds. The Hall–Kier alpha value is -3.76. The van der Waals surface area contributed by atoms with Gasteiger partial charge < -0.3 is 20.1 Å². The van der Waals surface area contributed by atoms with E-state index in [9.17, 15) is 19.2 Å². The molecule has 0 aliphatic rings. The van der Waals surface area contributed by atoms with Crippen molar-refractivity contribution in [2.75, 3.05) is 13.1 Å². The molecule has 0 spiro atoms. The summed E-state index contributed by atoms with van der Waals surface area (Å²) in [5.41, 5.74) is 1.73.